The number of hydrogen-bond donors (Lipinski definition) is 0. The summed E-state index contributed by atoms with van der Waals surface area (Å²) in [4.78, 5) is 31.4. The van der Waals surface area contributed by atoms with Crippen molar-refractivity contribution in [2.75, 3.05) is 13.7 Å². The van der Waals surface area contributed by atoms with Crippen LogP contribution in [0.2, 0.25) is 0 Å². The minimum atomic E-state index is -0.381. The van der Waals surface area contributed by atoms with Gasteiger partial charge in [0, 0.05) is 20.3 Å². The van der Waals surface area contributed by atoms with Gasteiger partial charge in [-0.2, -0.15) is 4.98 Å². The van der Waals surface area contributed by atoms with E-state index in [0.29, 0.717) is 36.4 Å². The molecule has 0 saturated heterocycles. The summed E-state index contributed by atoms with van der Waals surface area (Å²) in [5.41, 5.74) is -0.233. The van der Waals surface area contributed by atoms with Gasteiger partial charge in [0.15, 0.2) is 11.2 Å². The molecule has 0 aliphatic rings. The molecule has 0 amide bonds. The maximum absolute atomic E-state index is 13.1. The number of aromatic nitrogens is 2. The van der Waals surface area contributed by atoms with Crippen LogP contribution in [0, 0.1) is 0 Å². The summed E-state index contributed by atoms with van der Waals surface area (Å²) in [5.74, 6) is 0.507. The molecule has 0 unspecified atom stereocenters. The topological polar surface area (TPSA) is 74.3 Å². The summed E-state index contributed by atoms with van der Waals surface area (Å²) in [6, 6.07) is 10.7. The average Bonchev–Trinajstić information content (AvgIpc) is 3.18. The van der Waals surface area contributed by atoms with Crippen LogP contribution in [0.3, 0.4) is 0 Å². The van der Waals surface area contributed by atoms with Gasteiger partial charge in [-0.3, -0.25) is 14.2 Å². The minimum absolute atomic E-state index is 0.0126. The van der Waals surface area contributed by atoms with E-state index in [1.807, 2.05) is 17.5 Å². The number of fused-ring (bicyclic) bond motifs is 2. The Kier molecular flexibility index (Phi) is 4.40. The molecule has 6 nitrogen and oxygen atoms in total. The zero-order chi connectivity index (χ0) is 18.1. The number of rotatable bonds is 5. The molecule has 0 saturated carbocycles. The van der Waals surface area contributed by atoms with Gasteiger partial charge in [-0.1, -0.05) is 18.2 Å². The van der Waals surface area contributed by atoms with Crippen molar-refractivity contribution in [3.05, 3.63) is 62.4 Å². The maximum Gasteiger partial charge on any atom is 0.269 e. The summed E-state index contributed by atoms with van der Waals surface area (Å²) < 4.78 is 12.4. The van der Waals surface area contributed by atoms with E-state index in [9.17, 15) is 9.59 Å². The van der Waals surface area contributed by atoms with Crippen LogP contribution in [0.1, 0.15) is 6.42 Å². The molecule has 0 fully saturated rings. The van der Waals surface area contributed by atoms with Gasteiger partial charge in [-0.05, 0) is 30.0 Å². The molecular weight excluding hydrogens is 352 g/mol. The van der Waals surface area contributed by atoms with E-state index in [1.54, 1.807) is 35.9 Å². The summed E-state index contributed by atoms with van der Waals surface area (Å²) in [6.45, 7) is 0.926. The molecule has 3 heterocycles. The van der Waals surface area contributed by atoms with E-state index < -0.39 is 0 Å². The first-order valence-corrected chi connectivity index (χ1v) is 9.08. The third-order valence-electron chi connectivity index (χ3n) is 4.17. The van der Waals surface area contributed by atoms with Crippen molar-refractivity contribution in [2.45, 2.75) is 13.0 Å². The van der Waals surface area contributed by atoms with Crippen LogP contribution < -0.4 is 11.0 Å². The first-order valence-electron chi connectivity index (χ1n) is 8.20. The second-order valence-corrected chi connectivity index (χ2v) is 6.77. The minimum Gasteiger partial charge on any atom is -0.437 e. The van der Waals surface area contributed by atoms with Crippen LogP contribution >= 0.6 is 11.3 Å². The zero-order valence-corrected chi connectivity index (χ0v) is 14.9. The van der Waals surface area contributed by atoms with E-state index in [-0.39, 0.29) is 22.1 Å². The molecule has 4 aromatic rings. The highest BCUT2D eigenvalue weighted by Gasteiger charge is 2.19. The van der Waals surface area contributed by atoms with E-state index in [1.165, 1.54) is 11.3 Å². The first-order chi connectivity index (χ1) is 12.7. The average molecular weight is 368 g/mol. The fourth-order valence-electron chi connectivity index (χ4n) is 2.95. The van der Waals surface area contributed by atoms with Gasteiger partial charge in [-0.15, -0.1) is 11.3 Å². The van der Waals surface area contributed by atoms with Crippen LogP contribution in [0.5, 0.6) is 0 Å². The number of hydrogen-bond acceptors (Lipinski definition) is 6. The summed E-state index contributed by atoms with van der Waals surface area (Å²) in [6.07, 6.45) is 0.640. The predicted molar refractivity (Wildman–Crippen MR) is 102 cm³/mol. The normalized spacial score (nSPS) is 11.4. The molecule has 26 heavy (non-hydrogen) atoms. The number of methoxy groups -OCH3 is 1. The zero-order valence-electron chi connectivity index (χ0n) is 14.1. The second-order valence-electron chi connectivity index (χ2n) is 5.82. The van der Waals surface area contributed by atoms with Crippen molar-refractivity contribution in [2.24, 2.45) is 0 Å². The van der Waals surface area contributed by atoms with E-state index in [2.05, 4.69) is 4.98 Å². The Balaban J connectivity index is 2.05. The molecule has 0 bridgehead atoms. The summed E-state index contributed by atoms with van der Waals surface area (Å²) in [5, 5.41) is 2.29. The van der Waals surface area contributed by atoms with Crippen LogP contribution in [-0.2, 0) is 11.3 Å². The Morgan fingerprint density at radius 3 is 2.81 bits per heavy atom. The van der Waals surface area contributed by atoms with Crippen molar-refractivity contribution in [3.8, 4) is 10.7 Å². The number of ether oxygens (including phenoxy) is 1. The van der Waals surface area contributed by atoms with E-state index >= 15 is 0 Å². The maximum atomic E-state index is 13.1. The Hall–Kier alpha value is -2.77. The molecule has 7 heteroatoms. The van der Waals surface area contributed by atoms with Gasteiger partial charge < -0.3 is 9.15 Å². The third-order valence-corrected chi connectivity index (χ3v) is 5.04. The quantitative estimate of drug-likeness (QED) is 0.399. The highest BCUT2D eigenvalue weighted by atomic mass is 32.1. The Morgan fingerprint density at radius 2 is 2.04 bits per heavy atom. The van der Waals surface area contributed by atoms with Gasteiger partial charge >= 0.3 is 0 Å². The lowest BCUT2D eigenvalue weighted by Crippen LogP contribution is -2.27. The molecule has 0 radical (unpaired) electrons. The van der Waals surface area contributed by atoms with Crippen molar-refractivity contribution < 1.29 is 9.15 Å². The Morgan fingerprint density at radius 1 is 1.19 bits per heavy atom. The van der Waals surface area contributed by atoms with E-state index in [4.69, 9.17) is 9.15 Å². The second kappa shape index (κ2) is 6.86. The van der Waals surface area contributed by atoms with Gasteiger partial charge in [0.25, 0.3) is 5.56 Å². The molecule has 0 atom stereocenters. The largest absolute Gasteiger partial charge is 0.437 e. The molecule has 132 valence electrons. The van der Waals surface area contributed by atoms with Gasteiger partial charge in [0.2, 0.25) is 11.1 Å². The Labute approximate surface area is 152 Å². The van der Waals surface area contributed by atoms with Crippen molar-refractivity contribution in [1.82, 2.24) is 9.55 Å². The smallest absolute Gasteiger partial charge is 0.269 e. The monoisotopic (exact) mass is 368 g/mol. The van der Waals surface area contributed by atoms with Crippen LogP contribution in [0.4, 0.5) is 0 Å². The van der Waals surface area contributed by atoms with Gasteiger partial charge in [-0.25, -0.2) is 0 Å². The molecular formula is C19H16N2O4S. The Bertz CT molecular complexity index is 1190. The van der Waals surface area contributed by atoms with Crippen molar-refractivity contribution in [3.63, 3.8) is 0 Å². The first kappa shape index (κ1) is 16.7. The molecule has 0 spiro atoms. The lowest BCUT2D eigenvalue weighted by atomic mass is 10.2. The highest BCUT2D eigenvalue weighted by Crippen LogP contribution is 2.24. The number of benzene rings is 1. The SMILES string of the molecule is COCCCn1c(-c2cccs2)nc2oc3ccccc3c(=O)c2c1=O. The van der Waals surface area contributed by atoms with E-state index in [0.717, 1.165) is 4.88 Å². The molecule has 0 aliphatic carbocycles. The van der Waals surface area contributed by atoms with Gasteiger partial charge in [0.1, 0.15) is 5.58 Å². The van der Waals surface area contributed by atoms with Gasteiger partial charge in [0.05, 0.1) is 10.3 Å². The fourth-order valence-corrected chi connectivity index (χ4v) is 3.68. The molecule has 3 aromatic heterocycles. The highest BCUT2D eigenvalue weighted by molar-refractivity contribution is 7.13. The van der Waals surface area contributed by atoms with Crippen molar-refractivity contribution in [1.29, 1.82) is 0 Å². The van der Waals surface area contributed by atoms with Crippen molar-refractivity contribution >= 4 is 33.4 Å². The lowest BCUT2D eigenvalue weighted by Gasteiger charge is -2.12. The molecule has 0 aliphatic heterocycles. The predicted octanol–water partition coefficient (Wildman–Crippen LogP) is 3.27. The molecule has 4 rings (SSSR count). The number of para-hydroxylation sites is 1. The molecule has 0 N–H and O–H groups in total. The summed E-state index contributed by atoms with van der Waals surface area (Å²) >= 11 is 1.48. The third kappa shape index (κ3) is 2.75. The number of nitrogens with zero attached hydrogens (tertiary/aromatic N) is 2. The summed E-state index contributed by atoms with van der Waals surface area (Å²) in [7, 11) is 1.61. The fraction of sp³-hybridized carbons (Fsp3) is 0.211. The standard InChI is InChI=1S/C19H16N2O4S/c1-24-10-5-9-21-17(14-8-4-11-26-14)20-18-15(19(21)23)16(22)12-6-2-3-7-13(12)25-18/h2-4,6-8,11H,5,9-10H2,1H3. The number of thiophene rings is 1. The van der Waals surface area contributed by atoms with Crippen LogP contribution in [0.15, 0.2) is 55.8 Å². The lowest BCUT2D eigenvalue weighted by molar-refractivity contribution is 0.190. The van der Waals surface area contributed by atoms with Crippen LogP contribution in [-0.4, -0.2) is 23.3 Å². The van der Waals surface area contributed by atoms with Crippen LogP contribution in [0.25, 0.3) is 32.8 Å². The molecule has 1 aromatic carbocycles.